The molecule has 0 aromatic carbocycles. The van der Waals surface area contributed by atoms with Gasteiger partial charge in [0, 0.05) is 32.8 Å². The summed E-state index contributed by atoms with van der Waals surface area (Å²) in [4.78, 5) is 35.4. The molecule has 0 saturated carbocycles. The van der Waals surface area contributed by atoms with E-state index in [4.69, 9.17) is 4.74 Å². The van der Waals surface area contributed by atoms with E-state index in [1.54, 1.807) is 0 Å². The summed E-state index contributed by atoms with van der Waals surface area (Å²) in [6.45, 7) is 0.896. The molecule has 1 saturated heterocycles. The molecule has 0 bridgehead atoms. The van der Waals surface area contributed by atoms with Gasteiger partial charge in [0.25, 0.3) is 5.56 Å². The first-order valence-corrected chi connectivity index (χ1v) is 5.41. The van der Waals surface area contributed by atoms with E-state index in [1.165, 1.54) is 24.9 Å². The molecule has 0 aliphatic carbocycles. The van der Waals surface area contributed by atoms with Gasteiger partial charge >= 0.3 is 5.69 Å². The minimum absolute atomic E-state index is 0.0603. The van der Waals surface area contributed by atoms with Gasteiger partial charge < -0.3 is 9.30 Å². The molecule has 1 atom stereocenters. The number of hydrogen-bond donors (Lipinski definition) is 0. The smallest absolute Gasteiger partial charge is 0.330 e. The number of carbonyl (C=O) groups is 1. The lowest BCUT2D eigenvalue weighted by atomic mass is 9.99. The third kappa shape index (κ3) is 1.95. The summed E-state index contributed by atoms with van der Waals surface area (Å²) >= 11 is 0. The zero-order chi connectivity index (χ0) is 12.6. The Morgan fingerprint density at radius 1 is 1.41 bits per heavy atom. The van der Waals surface area contributed by atoms with Gasteiger partial charge in [-0.1, -0.05) is 0 Å². The van der Waals surface area contributed by atoms with Crippen molar-refractivity contribution in [1.82, 2.24) is 9.13 Å². The van der Waals surface area contributed by atoms with E-state index in [0.29, 0.717) is 19.6 Å². The van der Waals surface area contributed by atoms with Crippen LogP contribution in [0.15, 0.2) is 15.8 Å². The van der Waals surface area contributed by atoms with Gasteiger partial charge in [0.15, 0.2) is 5.78 Å². The molecule has 1 aliphatic heterocycles. The van der Waals surface area contributed by atoms with Crippen LogP contribution in [0.5, 0.6) is 0 Å². The summed E-state index contributed by atoms with van der Waals surface area (Å²) in [5, 5.41) is 0. The maximum atomic E-state index is 12.1. The summed E-state index contributed by atoms with van der Waals surface area (Å²) in [5.74, 6) is -0.501. The summed E-state index contributed by atoms with van der Waals surface area (Å²) in [7, 11) is 2.89. The first-order valence-electron chi connectivity index (χ1n) is 5.41. The zero-order valence-corrected chi connectivity index (χ0v) is 9.80. The molecule has 0 N–H and O–H groups in total. The van der Waals surface area contributed by atoms with Crippen molar-refractivity contribution in [3.8, 4) is 0 Å². The molecule has 1 unspecified atom stereocenters. The second-order valence-electron chi connectivity index (χ2n) is 4.23. The van der Waals surface area contributed by atoms with Crippen LogP contribution >= 0.6 is 0 Å². The number of aromatic nitrogens is 2. The lowest BCUT2D eigenvalue weighted by molar-refractivity contribution is 0.0897. The molecule has 6 heteroatoms. The van der Waals surface area contributed by atoms with Crippen molar-refractivity contribution in [2.75, 3.05) is 13.2 Å². The maximum Gasteiger partial charge on any atom is 0.330 e. The van der Waals surface area contributed by atoms with Crippen molar-refractivity contribution in [2.45, 2.75) is 6.42 Å². The van der Waals surface area contributed by atoms with Gasteiger partial charge in [0.05, 0.1) is 12.2 Å². The molecular weight excluding hydrogens is 224 g/mol. The van der Waals surface area contributed by atoms with E-state index in [9.17, 15) is 14.4 Å². The summed E-state index contributed by atoms with van der Waals surface area (Å²) in [6, 6.07) is 0. The van der Waals surface area contributed by atoms with Crippen molar-refractivity contribution in [1.29, 1.82) is 0 Å². The van der Waals surface area contributed by atoms with Gasteiger partial charge in [-0.3, -0.25) is 14.2 Å². The van der Waals surface area contributed by atoms with E-state index in [2.05, 4.69) is 0 Å². The van der Waals surface area contributed by atoms with Gasteiger partial charge in [-0.2, -0.15) is 0 Å². The average Bonchev–Trinajstić information content (AvgIpc) is 2.84. The van der Waals surface area contributed by atoms with E-state index >= 15 is 0 Å². The highest BCUT2D eigenvalue weighted by atomic mass is 16.5. The predicted octanol–water partition coefficient (Wildman–Crippen LogP) is -0.697. The molecule has 2 rings (SSSR count). The topological polar surface area (TPSA) is 70.3 Å². The highest BCUT2D eigenvalue weighted by Gasteiger charge is 2.27. The minimum Gasteiger partial charge on any atom is -0.381 e. The van der Waals surface area contributed by atoms with E-state index in [-0.39, 0.29) is 17.3 Å². The fourth-order valence-corrected chi connectivity index (χ4v) is 1.94. The van der Waals surface area contributed by atoms with Crippen molar-refractivity contribution in [2.24, 2.45) is 20.0 Å². The number of hydrogen-bond acceptors (Lipinski definition) is 4. The van der Waals surface area contributed by atoms with Crippen LogP contribution in [0.4, 0.5) is 0 Å². The molecule has 0 spiro atoms. The van der Waals surface area contributed by atoms with Crippen LogP contribution in [0.2, 0.25) is 0 Å². The Labute approximate surface area is 97.4 Å². The number of ether oxygens (including phenoxy) is 1. The van der Waals surface area contributed by atoms with Crippen LogP contribution in [0.1, 0.15) is 16.8 Å². The fraction of sp³-hybridized carbons (Fsp3) is 0.545. The summed E-state index contributed by atoms with van der Waals surface area (Å²) in [5.41, 5.74) is -0.913. The van der Waals surface area contributed by atoms with Gasteiger partial charge in [0.1, 0.15) is 0 Å². The van der Waals surface area contributed by atoms with E-state index in [1.807, 2.05) is 0 Å². The molecule has 0 radical (unpaired) electrons. The number of ketones is 1. The van der Waals surface area contributed by atoms with E-state index < -0.39 is 11.2 Å². The molecule has 0 amide bonds. The van der Waals surface area contributed by atoms with Crippen LogP contribution < -0.4 is 11.2 Å². The Kier molecular flexibility index (Phi) is 2.97. The monoisotopic (exact) mass is 238 g/mol. The SMILES string of the molecule is Cn1cc(C(=O)C2CCOC2)c(=O)n(C)c1=O. The average molecular weight is 238 g/mol. The standard InChI is InChI=1S/C11H14N2O4/c1-12-5-8(10(15)13(2)11(12)16)9(14)7-3-4-17-6-7/h5,7H,3-4,6H2,1-2H3. The quantitative estimate of drug-likeness (QED) is 0.639. The number of Topliss-reactive ketones (excluding diaryl/α,β-unsaturated/α-hetero) is 1. The molecule has 1 fully saturated rings. The third-order valence-corrected chi connectivity index (χ3v) is 3.01. The number of aryl methyl sites for hydroxylation is 1. The highest BCUT2D eigenvalue weighted by molar-refractivity contribution is 5.97. The largest absolute Gasteiger partial charge is 0.381 e. The molecule has 17 heavy (non-hydrogen) atoms. The van der Waals surface area contributed by atoms with Crippen LogP contribution in [0, 0.1) is 5.92 Å². The predicted molar refractivity (Wildman–Crippen MR) is 60.2 cm³/mol. The van der Waals surface area contributed by atoms with Crippen LogP contribution in [0.3, 0.4) is 0 Å². The van der Waals surface area contributed by atoms with Crippen molar-refractivity contribution in [3.63, 3.8) is 0 Å². The lowest BCUT2D eigenvalue weighted by Crippen LogP contribution is -2.40. The van der Waals surface area contributed by atoms with Gasteiger partial charge in [-0.25, -0.2) is 4.79 Å². The van der Waals surface area contributed by atoms with Crippen LogP contribution in [-0.4, -0.2) is 28.1 Å². The van der Waals surface area contributed by atoms with Crippen molar-refractivity contribution < 1.29 is 9.53 Å². The zero-order valence-electron chi connectivity index (χ0n) is 9.80. The number of rotatable bonds is 2. The van der Waals surface area contributed by atoms with E-state index in [0.717, 1.165) is 4.57 Å². The Hall–Kier alpha value is -1.69. The number of nitrogens with zero attached hydrogens (tertiary/aromatic N) is 2. The van der Waals surface area contributed by atoms with Gasteiger partial charge in [-0.05, 0) is 6.42 Å². The van der Waals surface area contributed by atoms with Crippen LogP contribution in [-0.2, 0) is 18.8 Å². The maximum absolute atomic E-state index is 12.1. The first-order chi connectivity index (χ1) is 8.02. The second-order valence-corrected chi connectivity index (χ2v) is 4.23. The Morgan fingerprint density at radius 2 is 2.12 bits per heavy atom. The number of carbonyl (C=O) groups excluding carboxylic acids is 1. The molecule has 1 aromatic rings. The summed E-state index contributed by atoms with van der Waals surface area (Å²) < 4.78 is 7.31. The van der Waals surface area contributed by atoms with Crippen LogP contribution in [0.25, 0.3) is 0 Å². The fourth-order valence-electron chi connectivity index (χ4n) is 1.94. The Morgan fingerprint density at radius 3 is 2.71 bits per heavy atom. The Bertz CT molecular complexity index is 564. The molecule has 1 aromatic heterocycles. The normalized spacial score (nSPS) is 19.5. The third-order valence-electron chi connectivity index (χ3n) is 3.01. The van der Waals surface area contributed by atoms with Gasteiger partial charge in [0.2, 0.25) is 0 Å². The molecule has 2 heterocycles. The minimum atomic E-state index is -0.537. The van der Waals surface area contributed by atoms with Crippen molar-refractivity contribution >= 4 is 5.78 Å². The highest BCUT2D eigenvalue weighted by Crippen LogP contribution is 2.16. The van der Waals surface area contributed by atoms with Gasteiger partial charge in [-0.15, -0.1) is 0 Å². The molecule has 6 nitrogen and oxygen atoms in total. The summed E-state index contributed by atoms with van der Waals surface area (Å²) in [6.07, 6.45) is 1.94. The Balaban J connectivity index is 2.49. The lowest BCUT2D eigenvalue weighted by Gasteiger charge is -2.08. The molecule has 92 valence electrons. The van der Waals surface area contributed by atoms with Crippen molar-refractivity contribution in [3.05, 3.63) is 32.6 Å². The first kappa shape index (κ1) is 11.8. The molecular formula is C11H14N2O4. The molecule has 1 aliphatic rings. The second kappa shape index (κ2) is 4.29.